The van der Waals surface area contributed by atoms with E-state index in [4.69, 9.17) is 0 Å². The number of hydrogen-bond donors (Lipinski definition) is 0. The van der Waals surface area contributed by atoms with Crippen molar-refractivity contribution in [3.05, 3.63) is 107 Å². The number of para-hydroxylation sites is 1. The van der Waals surface area contributed by atoms with Crippen molar-refractivity contribution in [2.75, 3.05) is 11.4 Å². The average Bonchev–Trinajstić information content (AvgIpc) is 2.87. The van der Waals surface area contributed by atoms with Crippen LogP contribution in [0.1, 0.15) is 48.0 Å². The van der Waals surface area contributed by atoms with Gasteiger partial charge < -0.3 is 4.90 Å². The minimum absolute atomic E-state index is 0.546. The van der Waals surface area contributed by atoms with Gasteiger partial charge in [0, 0.05) is 34.5 Å². The van der Waals surface area contributed by atoms with Crippen LogP contribution in [0.4, 0.5) is 11.4 Å². The van der Waals surface area contributed by atoms with Crippen molar-refractivity contribution in [1.82, 2.24) is 0 Å². The highest BCUT2D eigenvalue weighted by Crippen LogP contribution is 2.29. The Hall–Kier alpha value is -2.65. The lowest BCUT2D eigenvalue weighted by atomic mass is 9.91. The van der Waals surface area contributed by atoms with Gasteiger partial charge in [-0.15, -0.1) is 0 Å². The monoisotopic (exact) mass is 506 g/mol. The maximum absolute atomic E-state index is 4.35. The molecule has 1 atom stereocenters. The SMILES string of the molecule is C=C(C)CN(c1ccccc1)c1ccc(Br)cc1.CC.CC.CC1=C2N=CC=CC2CC=C1. The Morgan fingerprint density at radius 2 is 1.61 bits per heavy atom. The third-order valence-electron chi connectivity index (χ3n) is 4.79. The fraction of sp³-hybridized carbons (Fsp3) is 0.300. The van der Waals surface area contributed by atoms with Crippen LogP contribution in [0.25, 0.3) is 0 Å². The fourth-order valence-corrected chi connectivity index (χ4v) is 3.65. The van der Waals surface area contributed by atoms with E-state index in [1.54, 1.807) is 0 Å². The second-order valence-electron chi connectivity index (χ2n) is 7.33. The predicted octanol–water partition coefficient (Wildman–Crippen LogP) is 9.69. The van der Waals surface area contributed by atoms with Crippen LogP contribution in [0.5, 0.6) is 0 Å². The number of fused-ring (bicyclic) bond motifs is 1. The van der Waals surface area contributed by atoms with Crippen molar-refractivity contribution >= 4 is 33.5 Å². The molecule has 33 heavy (non-hydrogen) atoms. The second-order valence-corrected chi connectivity index (χ2v) is 8.25. The number of rotatable bonds is 4. The molecule has 4 rings (SSSR count). The summed E-state index contributed by atoms with van der Waals surface area (Å²) in [6.07, 6.45) is 11.6. The first-order valence-electron chi connectivity index (χ1n) is 11.9. The first-order chi connectivity index (χ1) is 16.0. The Morgan fingerprint density at radius 3 is 2.18 bits per heavy atom. The highest BCUT2D eigenvalue weighted by atomic mass is 79.9. The zero-order valence-electron chi connectivity index (χ0n) is 21.1. The summed E-state index contributed by atoms with van der Waals surface area (Å²) in [6.45, 7) is 17.0. The Bertz CT molecular complexity index is 951. The number of anilines is 2. The Labute approximate surface area is 210 Å². The molecule has 1 heterocycles. The maximum Gasteiger partial charge on any atom is 0.0504 e. The molecule has 0 amide bonds. The Morgan fingerprint density at radius 1 is 1.00 bits per heavy atom. The Balaban J connectivity index is 0.000000310. The molecule has 1 aliphatic heterocycles. The van der Waals surface area contributed by atoms with E-state index in [2.05, 4.69) is 113 Å². The lowest BCUT2D eigenvalue weighted by molar-refractivity contribution is 0.738. The molecule has 0 saturated heterocycles. The molecule has 2 aliphatic rings. The summed E-state index contributed by atoms with van der Waals surface area (Å²) in [6, 6.07) is 18.7. The van der Waals surface area contributed by atoms with Crippen molar-refractivity contribution in [2.24, 2.45) is 10.9 Å². The van der Waals surface area contributed by atoms with Crippen molar-refractivity contribution in [2.45, 2.75) is 48.0 Å². The molecule has 2 aromatic carbocycles. The van der Waals surface area contributed by atoms with Gasteiger partial charge in [0.2, 0.25) is 0 Å². The van der Waals surface area contributed by atoms with Crippen molar-refractivity contribution < 1.29 is 0 Å². The topological polar surface area (TPSA) is 15.6 Å². The lowest BCUT2D eigenvalue weighted by Crippen LogP contribution is -2.18. The average molecular weight is 508 g/mol. The normalized spacial score (nSPS) is 15.1. The first-order valence-corrected chi connectivity index (χ1v) is 12.6. The summed E-state index contributed by atoms with van der Waals surface area (Å²) in [4.78, 5) is 6.61. The molecule has 176 valence electrons. The minimum Gasteiger partial charge on any atom is -0.337 e. The van der Waals surface area contributed by atoms with Crippen LogP contribution in [-0.2, 0) is 0 Å². The van der Waals surface area contributed by atoms with Gasteiger partial charge in [-0.2, -0.15) is 0 Å². The number of halogens is 1. The fourth-order valence-electron chi connectivity index (χ4n) is 3.39. The summed E-state index contributed by atoms with van der Waals surface area (Å²) in [5.74, 6) is 0.546. The minimum atomic E-state index is 0.546. The molecule has 1 unspecified atom stereocenters. The van der Waals surface area contributed by atoms with Crippen LogP contribution in [-0.4, -0.2) is 12.8 Å². The summed E-state index contributed by atoms with van der Waals surface area (Å²) in [7, 11) is 0. The van der Waals surface area contributed by atoms with E-state index in [9.17, 15) is 0 Å². The smallest absolute Gasteiger partial charge is 0.0504 e. The number of hydrogen-bond acceptors (Lipinski definition) is 2. The van der Waals surface area contributed by atoms with Gasteiger partial charge in [-0.25, -0.2) is 0 Å². The zero-order chi connectivity index (χ0) is 24.6. The van der Waals surface area contributed by atoms with Crippen LogP contribution >= 0.6 is 15.9 Å². The van der Waals surface area contributed by atoms with Gasteiger partial charge in [-0.05, 0) is 68.3 Å². The molecular formula is C30H39BrN2. The summed E-state index contributed by atoms with van der Waals surface area (Å²) in [5, 5.41) is 0. The molecule has 2 nitrogen and oxygen atoms in total. The third-order valence-corrected chi connectivity index (χ3v) is 5.32. The molecule has 2 aromatic rings. The van der Waals surface area contributed by atoms with Gasteiger partial charge in [0.05, 0.1) is 5.70 Å². The molecule has 1 aliphatic carbocycles. The van der Waals surface area contributed by atoms with Gasteiger partial charge in [-0.3, -0.25) is 4.99 Å². The number of aliphatic imine (C=N–C) groups is 1. The largest absolute Gasteiger partial charge is 0.337 e. The molecule has 0 saturated carbocycles. The zero-order valence-corrected chi connectivity index (χ0v) is 22.6. The van der Waals surface area contributed by atoms with E-state index in [1.165, 1.54) is 22.6 Å². The molecular weight excluding hydrogens is 468 g/mol. The van der Waals surface area contributed by atoms with Crippen molar-refractivity contribution in [3.8, 4) is 0 Å². The molecule has 0 aromatic heterocycles. The highest BCUT2D eigenvalue weighted by Gasteiger charge is 2.15. The summed E-state index contributed by atoms with van der Waals surface area (Å²) in [5.41, 5.74) is 6.05. The number of nitrogens with zero attached hydrogens (tertiary/aromatic N) is 2. The molecule has 0 radical (unpaired) electrons. The van der Waals surface area contributed by atoms with Gasteiger partial charge in [0.15, 0.2) is 0 Å². The van der Waals surface area contributed by atoms with E-state index in [0.29, 0.717) is 5.92 Å². The van der Waals surface area contributed by atoms with E-state index < -0.39 is 0 Å². The van der Waals surface area contributed by atoms with Crippen LogP contribution in [0, 0.1) is 5.92 Å². The number of dihydropyridines is 1. The number of allylic oxidation sites excluding steroid dienone is 5. The van der Waals surface area contributed by atoms with Gasteiger partial charge >= 0.3 is 0 Å². The Kier molecular flexibility index (Phi) is 13.8. The highest BCUT2D eigenvalue weighted by molar-refractivity contribution is 9.10. The van der Waals surface area contributed by atoms with Crippen molar-refractivity contribution in [1.29, 1.82) is 0 Å². The van der Waals surface area contributed by atoms with Crippen LogP contribution in [0.2, 0.25) is 0 Å². The van der Waals surface area contributed by atoms with E-state index in [1.807, 2.05) is 46.1 Å². The predicted molar refractivity (Wildman–Crippen MR) is 153 cm³/mol. The van der Waals surface area contributed by atoms with Crippen molar-refractivity contribution in [3.63, 3.8) is 0 Å². The molecule has 3 heteroatoms. The maximum atomic E-state index is 4.35. The quantitative estimate of drug-likeness (QED) is 0.376. The van der Waals surface area contributed by atoms with E-state index in [0.717, 1.165) is 23.0 Å². The second kappa shape index (κ2) is 16.0. The standard InChI is InChI=1S/C16H16BrN.C10H11N.2C2H6/c1-13(2)12-18(15-6-4-3-5-7-15)16-10-8-14(17)9-11-16;1-8-4-2-5-9-6-3-7-11-10(8)9;2*1-2/h3-11H,1,12H2,2H3;2-4,6-7,9H,5H2,1H3;2*1-2H3. The first kappa shape index (κ1) is 28.4. The summed E-state index contributed by atoms with van der Waals surface area (Å²) < 4.78 is 1.09. The number of benzene rings is 2. The van der Waals surface area contributed by atoms with E-state index in [-0.39, 0.29) is 0 Å². The van der Waals surface area contributed by atoms with Gasteiger partial charge in [0.1, 0.15) is 0 Å². The third kappa shape index (κ3) is 9.39. The molecule has 0 bridgehead atoms. The molecule has 0 spiro atoms. The van der Waals surface area contributed by atoms with Crippen LogP contribution in [0.15, 0.2) is 112 Å². The van der Waals surface area contributed by atoms with Gasteiger partial charge in [-0.1, -0.05) is 92.2 Å². The van der Waals surface area contributed by atoms with Crippen LogP contribution in [0.3, 0.4) is 0 Å². The van der Waals surface area contributed by atoms with E-state index >= 15 is 0 Å². The lowest BCUT2D eigenvalue weighted by Gasteiger charge is -2.25. The van der Waals surface area contributed by atoms with Crippen LogP contribution < -0.4 is 4.90 Å². The molecule has 0 fully saturated rings. The summed E-state index contributed by atoms with van der Waals surface area (Å²) >= 11 is 3.47. The van der Waals surface area contributed by atoms with Gasteiger partial charge in [0.25, 0.3) is 0 Å². The molecule has 0 N–H and O–H groups in total.